The first-order valence-corrected chi connectivity index (χ1v) is 9.02. The molecular weight excluding hydrogens is 346 g/mol. The van der Waals surface area contributed by atoms with E-state index in [0.717, 1.165) is 12.2 Å². The minimum atomic E-state index is -0.567. The molecule has 0 saturated carbocycles. The number of nitrogens with zero attached hydrogens (tertiary/aromatic N) is 5. The van der Waals surface area contributed by atoms with Crippen LogP contribution in [0.5, 0.6) is 0 Å². The maximum atomic E-state index is 12.4. The van der Waals surface area contributed by atoms with E-state index in [-0.39, 0.29) is 18.0 Å². The van der Waals surface area contributed by atoms with Gasteiger partial charge < -0.3 is 20.7 Å². The first-order chi connectivity index (χ1) is 12.7. The van der Waals surface area contributed by atoms with E-state index in [9.17, 15) is 4.79 Å². The molecule has 1 amide bonds. The Morgan fingerprint density at radius 2 is 2.11 bits per heavy atom. The Bertz CT molecular complexity index is 772. The van der Waals surface area contributed by atoms with Gasteiger partial charge in [0, 0.05) is 19.3 Å². The highest BCUT2D eigenvalue weighted by Crippen LogP contribution is 2.33. The van der Waals surface area contributed by atoms with Crippen molar-refractivity contribution in [3.05, 3.63) is 31.1 Å². The van der Waals surface area contributed by atoms with Gasteiger partial charge >= 0.3 is 6.09 Å². The summed E-state index contributed by atoms with van der Waals surface area (Å²) in [4.78, 5) is 22.7. The summed E-state index contributed by atoms with van der Waals surface area (Å²) in [5.74, 6) is 0.188. The van der Waals surface area contributed by atoms with Gasteiger partial charge in [-0.3, -0.25) is 4.98 Å². The fourth-order valence-electron chi connectivity index (χ4n) is 3.56. The highest BCUT2D eigenvalue weighted by molar-refractivity contribution is 5.69. The Kier molecular flexibility index (Phi) is 5.20. The lowest BCUT2D eigenvalue weighted by Gasteiger charge is -2.43. The summed E-state index contributed by atoms with van der Waals surface area (Å²) in [7, 11) is 0. The number of anilines is 2. The van der Waals surface area contributed by atoms with Crippen LogP contribution in [-0.2, 0) is 4.74 Å². The van der Waals surface area contributed by atoms with Gasteiger partial charge in [-0.1, -0.05) is 6.92 Å². The molecule has 0 aromatic carbocycles. The molecule has 3 rings (SSSR count). The van der Waals surface area contributed by atoms with E-state index in [2.05, 4.69) is 32.2 Å². The molecule has 1 aliphatic heterocycles. The lowest BCUT2D eigenvalue weighted by Crippen LogP contribution is -2.57. The van der Waals surface area contributed by atoms with Crippen LogP contribution in [0.25, 0.3) is 0 Å². The van der Waals surface area contributed by atoms with E-state index >= 15 is 0 Å². The highest BCUT2D eigenvalue weighted by Gasteiger charge is 2.38. The van der Waals surface area contributed by atoms with Crippen LogP contribution in [0.4, 0.5) is 16.2 Å². The van der Waals surface area contributed by atoms with E-state index in [1.54, 1.807) is 23.4 Å². The molecule has 2 aromatic rings. The van der Waals surface area contributed by atoms with Gasteiger partial charge in [-0.15, -0.1) is 0 Å². The van der Waals surface area contributed by atoms with E-state index in [1.807, 2.05) is 26.8 Å². The molecule has 0 spiro atoms. The molecule has 9 heteroatoms. The number of carbonyl (C=O) groups excluding carboxylic acids is 1. The smallest absolute Gasteiger partial charge is 0.408 e. The number of hydrogen-bond donors (Lipinski definition) is 2. The second-order valence-corrected chi connectivity index (χ2v) is 7.94. The van der Waals surface area contributed by atoms with Crippen molar-refractivity contribution in [2.45, 2.75) is 45.4 Å². The van der Waals surface area contributed by atoms with Crippen molar-refractivity contribution in [3.8, 4) is 0 Å². The monoisotopic (exact) mass is 373 g/mol. The van der Waals surface area contributed by atoms with Crippen molar-refractivity contribution in [1.82, 2.24) is 25.1 Å². The van der Waals surface area contributed by atoms with Crippen molar-refractivity contribution in [2.75, 3.05) is 23.7 Å². The summed E-state index contributed by atoms with van der Waals surface area (Å²) in [6, 6.07) is 1.62. The van der Waals surface area contributed by atoms with Gasteiger partial charge in [-0.2, -0.15) is 5.10 Å². The number of amides is 1. The molecule has 3 N–H and O–H groups in total. The quantitative estimate of drug-likeness (QED) is 0.844. The van der Waals surface area contributed by atoms with Crippen LogP contribution in [0.2, 0.25) is 0 Å². The third-order valence-electron chi connectivity index (χ3n) is 4.53. The fraction of sp³-hybridized carbons (Fsp3) is 0.556. The van der Waals surface area contributed by atoms with Gasteiger partial charge in [0.25, 0.3) is 0 Å². The topological polar surface area (TPSA) is 111 Å². The first kappa shape index (κ1) is 18.9. The largest absolute Gasteiger partial charge is 0.444 e. The van der Waals surface area contributed by atoms with E-state index < -0.39 is 11.7 Å². The molecule has 27 heavy (non-hydrogen) atoms. The molecule has 0 radical (unpaired) electrons. The minimum absolute atomic E-state index is 0.0423. The Morgan fingerprint density at radius 3 is 2.74 bits per heavy atom. The zero-order chi connectivity index (χ0) is 19.6. The molecule has 0 bridgehead atoms. The maximum Gasteiger partial charge on any atom is 0.408 e. The van der Waals surface area contributed by atoms with E-state index in [0.29, 0.717) is 12.2 Å². The number of nitrogen functional groups attached to an aromatic ring is 1. The molecule has 0 aliphatic carbocycles. The number of rotatable bonds is 3. The Labute approximate surface area is 158 Å². The summed E-state index contributed by atoms with van der Waals surface area (Å²) in [6.45, 7) is 8.99. The van der Waals surface area contributed by atoms with Gasteiger partial charge in [-0.05, 0) is 32.8 Å². The number of alkyl carbamates (subject to hydrolysis) is 1. The van der Waals surface area contributed by atoms with Crippen LogP contribution in [0.15, 0.2) is 31.1 Å². The lowest BCUT2D eigenvalue weighted by atomic mass is 9.89. The third-order valence-corrected chi connectivity index (χ3v) is 4.53. The standard InChI is InChI=1S/C18H27N7O2/c1-12-8-24(15-5-6-20-7-13(15)19)9-14(16(12)25-11-21-10-22-25)23-17(26)27-18(2,3)4/h5-7,10-12,14,16H,8-9,19H2,1-4H3,(H,23,26)/t12-,14+,16-/m0/s1. The summed E-state index contributed by atoms with van der Waals surface area (Å²) >= 11 is 0. The van der Waals surface area contributed by atoms with Crippen LogP contribution in [0.1, 0.15) is 33.7 Å². The summed E-state index contributed by atoms with van der Waals surface area (Å²) in [5, 5.41) is 7.31. The minimum Gasteiger partial charge on any atom is -0.444 e. The van der Waals surface area contributed by atoms with Crippen molar-refractivity contribution in [1.29, 1.82) is 0 Å². The predicted octanol–water partition coefficient (Wildman–Crippen LogP) is 1.85. The number of piperidine rings is 1. The SMILES string of the molecule is C[C@H]1CN(c2ccncc2N)C[C@@H](NC(=O)OC(C)(C)C)[C@H]1n1cncn1. The molecule has 1 fully saturated rings. The van der Waals surface area contributed by atoms with Gasteiger partial charge in [0.15, 0.2) is 0 Å². The number of pyridine rings is 1. The molecule has 2 aromatic heterocycles. The molecule has 1 saturated heterocycles. The lowest BCUT2D eigenvalue weighted by molar-refractivity contribution is 0.0466. The van der Waals surface area contributed by atoms with Crippen molar-refractivity contribution in [3.63, 3.8) is 0 Å². The van der Waals surface area contributed by atoms with Crippen molar-refractivity contribution < 1.29 is 9.53 Å². The van der Waals surface area contributed by atoms with Crippen LogP contribution < -0.4 is 16.0 Å². The number of aromatic nitrogens is 4. The average molecular weight is 373 g/mol. The third kappa shape index (κ3) is 4.47. The highest BCUT2D eigenvalue weighted by atomic mass is 16.6. The van der Waals surface area contributed by atoms with Crippen molar-refractivity contribution >= 4 is 17.5 Å². The Hall–Kier alpha value is -2.84. The second-order valence-electron chi connectivity index (χ2n) is 7.94. The Balaban J connectivity index is 1.85. The molecular formula is C18H27N7O2. The van der Waals surface area contributed by atoms with Crippen LogP contribution in [-0.4, -0.2) is 50.6 Å². The summed E-state index contributed by atoms with van der Waals surface area (Å²) in [5.41, 5.74) is 7.06. The van der Waals surface area contributed by atoms with Crippen LogP contribution >= 0.6 is 0 Å². The maximum absolute atomic E-state index is 12.4. The molecule has 9 nitrogen and oxygen atoms in total. The Morgan fingerprint density at radius 1 is 1.33 bits per heavy atom. The van der Waals surface area contributed by atoms with Crippen LogP contribution in [0, 0.1) is 5.92 Å². The number of nitrogens with two attached hydrogens (primary N) is 1. The molecule has 3 heterocycles. The van der Waals surface area contributed by atoms with Gasteiger partial charge in [-0.25, -0.2) is 14.5 Å². The average Bonchev–Trinajstić information content (AvgIpc) is 3.07. The fourth-order valence-corrected chi connectivity index (χ4v) is 3.56. The predicted molar refractivity (Wildman–Crippen MR) is 102 cm³/mol. The van der Waals surface area contributed by atoms with Gasteiger partial charge in [0.2, 0.25) is 0 Å². The summed E-state index contributed by atoms with van der Waals surface area (Å²) < 4.78 is 7.26. The normalized spacial score (nSPS) is 23.1. The van der Waals surface area contributed by atoms with Gasteiger partial charge in [0.05, 0.1) is 29.7 Å². The van der Waals surface area contributed by atoms with Gasteiger partial charge in [0.1, 0.15) is 18.3 Å². The molecule has 0 unspecified atom stereocenters. The number of ether oxygens (including phenoxy) is 1. The van der Waals surface area contributed by atoms with E-state index in [4.69, 9.17) is 10.5 Å². The molecule has 1 aliphatic rings. The molecule has 146 valence electrons. The van der Waals surface area contributed by atoms with Crippen LogP contribution in [0.3, 0.4) is 0 Å². The second kappa shape index (κ2) is 7.42. The zero-order valence-electron chi connectivity index (χ0n) is 16.2. The zero-order valence-corrected chi connectivity index (χ0v) is 16.2. The molecule has 3 atom stereocenters. The number of nitrogens with one attached hydrogen (secondary N) is 1. The number of hydrogen-bond acceptors (Lipinski definition) is 7. The number of carbonyl (C=O) groups is 1. The van der Waals surface area contributed by atoms with E-state index in [1.165, 1.54) is 6.33 Å². The first-order valence-electron chi connectivity index (χ1n) is 9.02. The van der Waals surface area contributed by atoms with Crippen molar-refractivity contribution in [2.24, 2.45) is 5.92 Å². The summed E-state index contributed by atoms with van der Waals surface area (Å²) in [6.07, 6.45) is 6.09.